The molecule has 1 amide bonds. The van der Waals surface area contributed by atoms with Crippen molar-refractivity contribution in [3.8, 4) is 0 Å². The molecule has 1 saturated heterocycles. The minimum Gasteiger partial charge on any atom is -0.464 e. The van der Waals surface area contributed by atoms with Crippen LogP contribution in [0.4, 0.5) is 5.69 Å². The van der Waals surface area contributed by atoms with Crippen LogP contribution in [-0.4, -0.2) is 47.6 Å². The predicted molar refractivity (Wildman–Crippen MR) is 159 cm³/mol. The summed E-state index contributed by atoms with van der Waals surface area (Å²) in [5, 5.41) is 3.50. The molecular weight excluding hydrogens is 480 g/mol. The molecule has 0 radical (unpaired) electrons. The smallest absolute Gasteiger partial charge is 0.329 e. The Bertz CT molecular complexity index is 781. The number of nitrogens with one attached hydrogen (secondary N) is 1. The Morgan fingerprint density at radius 1 is 0.892 bits per heavy atom. The fourth-order valence-corrected chi connectivity index (χ4v) is 5.77. The first kappa shape index (κ1) is 31.3. The molecule has 0 bridgehead atoms. The van der Waals surface area contributed by atoms with Gasteiger partial charge in [-0.3, -0.25) is 4.79 Å². The van der Waals surface area contributed by atoms with E-state index in [1.54, 1.807) is 29.7 Å². The van der Waals surface area contributed by atoms with E-state index >= 15 is 0 Å². The number of unbranched alkanes of at least 4 members (excludes halogenated alkanes) is 13. The summed E-state index contributed by atoms with van der Waals surface area (Å²) in [6.07, 6.45) is 22.7. The molecule has 1 unspecified atom stereocenters. The summed E-state index contributed by atoms with van der Waals surface area (Å²) in [7, 11) is 0. The zero-order chi connectivity index (χ0) is 26.6. The van der Waals surface area contributed by atoms with E-state index in [2.05, 4.69) is 24.4 Å². The van der Waals surface area contributed by atoms with Gasteiger partial charge in [-0.25, -0.2) is 4.79 Å². The van der Waals surface area contributed by atoms with Crippen LogP contribution in [-0.2, 0) is 14.3 Å². The Morgan fingerprint density at radius 2 is 1.46 bits per heavy atom. The number of nitrogens with zero attached hydrogens (tertiary/aromatic N) is 1. The molecule has 1 N–H and O–H groups in total. The molecular formula is C31H50N2O3S. The highest BCUT2D eigenvalue weighted by Gasteiger charge is 2.34. The summed E-state index contributed by atoms with van der Waals surface area (Å²) in [6.45, 7) is 5.39. The van der Waals surface area contributed by atoms with Crippen molar-refractivity contribution in [2.24, 2.45) is 0 Å². The molecule has 1 fully saturated rings. The van der Waals surface area contributed by atoms with E-state index in [0.29, 0.717) is 18.2 Å². The average molecular weight is 531 g/mol. The summed E-state index contributed by atoms with van der Waals surface area (Å²) in [5.74, 6) is 0.652. The van der Waals surface area contributed by atoms with E-state index < -0.39 is 6.04 Å². The van der Waals surface area contributed by atoms with Gasteiger partial charge in [0.2, 0.25) is 5.91 Å². The molecule has 1 atom stereocenters. The van der Waals surface area contributed by atoms with E-state index in [4.69, 9.17) is 4.74 Å². The molecule has 0 saturated carbocycles. The zero-order valence-corrected chi connectivity index (χ0v) is 24.2. The van der Waals surface area contributed by atoms with E-state index in [1.807, 2.05) is 18.2 Å². The first-order chi connectivity index (χ1) is 18.2. The molecule has 1 aromatic rings. The van der Waals surface area contributed by atoms with Gasteiger partial charge in [0.05, 0.1) is 12.5 Å². The number of amides is 1. The topological polar surface area (TPSA) is 58.6 Å². The number of benzene rings is 1. The number of carbonyl (C=O) groups excluding carboxylic acids is 2. The fraction of sp³-hybridized carbons (Fsp3) is 0.677. The summed E-state index contributed by atoms with van der Waals surface area (Å²) in [6, 6.07) is 7.66. The van der Waals surface area contributed by atoms with Gasteiger partial charge in [0.25, 0.3) is 0 Å². The van der Waals surface area contributed by atoms with Gasteiger partial charge in [-0.15, -0.1) is 11.8 Å². The number of thioether (sulfide) groups is 1. The van der Waals surface area contributed by atoms with Crippen LogP contribution < -0.4 is 5.32 Å². The Hall–Kier alpha value is -1.95. The monoisotopic (exact) mass is 530 g/mol. The van der Waals surface area contributed by atoms with Gasteiger partial charge < -0.3 is 15.0 Å². The van der Waals surface area contributed by atoms with Crippen molar-refractivity contribution in [1.82, 2.24) is 4.90 Å². The van der Waals surface area contributed by atoms with Gasteiger partial charge in [-0.2, -0.15) is 0 Å². The second kappa shape index (κ2) is 20.1. The summed E-state index contributed by atoms with van der Waals surface area (Å²) < 4.78 is 5.10. The van der Waals surface area contributed by atoms with Crippen LogP contribution in [0.2, 0.25) is 0 Å². The molecule has 0 aromatic heterocycles. The maximum Gasteiger partial charge on any atom is 0.329 e. The van der Waals surface area contributed by atoms with Crippen molar-refractivity contribution in [3.05, 3.63) is 35.9 Å². The fourth-order valence-electron chi connectivity index (χ4n) is 4.62. The Labute approximate surface area is 230 Å². The van der Waals surface area contributed by atoms with Gasteiger partial charge in [0.1, 0.15) is 6.04 Å². The minimum atomic E-state index is -0.483. The molecule has 1 aliphatic heterocycles. The van der Waals surface area contributed by atoms with Gasteiger partial charge in [-0.05, 0) is 37.1 Å². The van der Waals surface area contributed by atoms with E-state index in [1.165, 1.54) is 89.9 Å². The normalized spacial score (nSPS) is 15.4. The van der Waals surface area contributed by atoms with Crippen molar-refractivity contribution in [3.63, 3.8) is 0 Å². The average Bonchev–Trinajstić information content (AvgIpc) is 3.41. The molecule has 1 aliphatic rings. The van der Waals surface area contributed by atoms with Crippen molar-refractivity contribution >= 4 is 35.4 Å². The van der Waals surface area contributed by atoms with Crippen LogP contribution in [0, 0.1) is 0 Å². The third-order valence-corrected chi connectivity index (χ3v) is 7.92. The minimum absolute atomic E-state index is 0.150. The third kappa shape index (κ3) is 13.4. The van der Waals surface area contributed by atoms with Gasteiger partial charge in [0, 0.05) is 24.1 Å². The van der Waals surface area contributed by atoms with Gasteiger partial charge in [-0.1, -0.05) is 103 Å². The molecule has 0 spiro atoms. The lowest BCUT2D eigenvalue weighted by Gasteiger charge is -2.20. The van der Waals surface area contributed by atoms with Crippen molar-refractivity contribution in [2.45, 2.75) is 110 Å². The quantitative estimate of drug-likeness (QED) is 0.105. The number of hydrogen-bond acceptors (Lipinski definition) is 5. The van der Waals surface area contributed by atoms with E-state index in [0.717, 1.165) is 17.8 Å². The molecule has 1 heterocycles. The largest absolute Gasteiger partial charge is 0.464 e. The number of esters is 1. The maximum atomic E-state index is 12.6. The molecule has 1 aromatic carbocycles. The SMILES string of the molecule is CCCCCCCCCCCCCCCCNc1ccc(/C=C/C(=O)N2CSCC2C(=O)OCC)cc1. The van der Waals surface area contributed by atoms with Crippen LogP contribution in [0.25, 0.3) is 6.08 Å². The summed E-state index contributed by atoms with van der Waals surface area (Å²) in [4.78, 5) is 26.2. The summed E-state index contributed by atoms with van der Waals surface area (Å²) in [5.41, 5.74) is 2.08. The molecule has 0 aliphatic carbocycles. The predicted octanol–water partition coefficient (Wildman–Crippen LogP) is 8.06. The lowest BCUT2D eigenvalue weighted by molar-refractivity contribution is -0.151. The molecule has 208 valence electrons. The van der Waals surface area contributed by atoms with Gasteiger partial charge >= 0.3 is 5.97 Å². The second-order valence-electron chi connectivity index (χ2n) is 10.1. The van der Waals surface area contributed by atoms with Crippen molar-refractivity contribution in [1.29, 1.82) is 0 Å². The second-order valence-corrected chi connectivity index (χ2v) is 11.1. The zero-order valence-electron chi connectivity index (χ0n) is 23.3. The van der Waals surface area contributed by atoms with E-state index in [9.17, 15) is 9.59 Å². The Kier molecular flexibility index (Phi) is 17.0. The number of carbonyl (C=O) groups is 2. The van der Waals surface area contributed by atoms with Crippen molar-refractivity contribution in [2.75, 3.05) is 30.1 Å². The van der Waals surface area contributed by atoms with Crippen LogP contribution in [0.1, 0.15) is 109 Å². The van der Waals surface area contributed by atoms with Crippen LogP contribution in [0.5, 0.6) is 0 Å². The first-order valence-electron chi connectivity index (χ1n) is 14.7. The highest BCUT2D eigenvalue weighted by Crippen LogP contribution is 2.22. The lowest BCUT2D eigenvalue weighted by Crippen LogP contribution is -2.42. The highest BCUT2D eigenvalue weighted by atomic mass is 32.2. The first-order valence-corrected chi connectivity index (χ1v) is 15.9. The Balaban J connectivity index is 1.51. The lowest BCUT2D eigenvalue weighted by atomic mass is 10.0. The van der Waals surface area contributed by atoms with Crippen molar-refractivity contribution < 1.29 is 14.3 Å². The standard InChI is InChI=1S/C31H50N2O3S/c1-3-5-6-7-8-9-10-11-12-13-14-15-16-17-24-32-28-21-18-27(19-22-28)20-23-30(34)33-26-37-25-29(33)31(35)36-4-2/h18-23,29,32H,3-17,24-26H2,1-2H3/b23-20+. The van der Waals surface area contributed by atoms with Gasteiger partial charge in [0.15, 0.2) is 0 Å². The molecule has 5 nitrogen and oxygen atoms in total. The van der Waals surface area contributed by atoms with Crippen LogP contribution in [0.15, 0.2) is 30.3 Å². The number of rotatable bonds is 20. The Morgan fingerprint density at radius 3 is 2.03 bits per heavy atom. The molecule has 6 heteroatoms. The number of anilines is 1. The van der Waals surface area contributed by atoms with Crippen LogP contribution in [0.3, 0.4) is 0 Å². The van der Waals surface area contributed by atoms with E-state index in [-0.39, 0.29) is 11.9 Å². The molecule has 37 heavy (non-hydrogen) atoms. The number of hydrogen-bond donors (Lipinski definition) is 1. The third-order valence-electron chi connectivity index (χ3n) is 6.91. The number of ether oxygens (including phenoxy) is 1. The van der Waals surface area contributed by atoms with Crippen LogP contribution >= 0.6 is 11.8 Å². The molecule has 2 rings (SSSR count). The maximum absolute atomic E-state index is 12.6. The highest BCUT2D eigenvalue weighted by molar-refractivity contribution is 7.99. The summed E-state index contributed by atoms with van der Waals surface area (Å²) >= 11 is 1.58.